The Bertz CT molecular complexity index is 1760. The van der Waals surface area contributed by atoms with Crippen LogP contribution in [-0.4, -0.2) is 78.6 Å². The molecule has 0 bridgehead atoms. The summed E-state index contributed by atoms with van der Waals surface area (Å²) in [6, 6.07) is 14.1. The van der Waals surface area contributed by atoms with Crippen LogP contribution in [0, 0.1) is 5.92 Å². The lowest BCUT2D eigenvalue weighted by atomic mass is 9.89. The van der Waals surface area contributed by atoms with E-state index in [4.69, 9.17) is 21.4 Å². The number of thiophene rings is 1. The highest BCUT2D eigenvalue weighted by Gasteiger charge is 2.41. The van der Waals surface area contributed by atoms with Crippen LogP contribution in [0.15, 0.2) is 48.5 Å². The molecule has 2 aliphatic heterocycles. The van der Waals surface area contributed by atoms with E-state index < -0.39 is 34.1 Å². The Morgan fingerprint density at radius 2 is 1.83 bits per heavy atom. The fourth-order valence-electron chi connectivity index (χ4n) is 5.74. The first-order chi connectivity index (χ1) is 21.7. The molecule has 2 saturated heterocycles. The van der Waals surface area contributed by atoms with E-state index in [-0.39, 0.29) is 39.3 Å². The number of rotatable bonds is 12. The van der Waals surface area contributed by atoms with Crippen LogP contribution < -0.4 is 20.7 Å². The summed E-state index contributed by atoms with van der Waals surface area (Å²) in [5, 5.41) is 28.0. The smallest absolute Gasteiger partial charge is 0.349 e. The standard InChI is InChI=1S/C31H35ClN4O8S2/c1-31(2)13-23(9-10-36(31)46(42,43)17-18-5-3-7-21(11-18)35-29(39)20-14-33-15-20)34-22-8-4-6-19(12-22)27-25(32)26(44-16-24(37)38)28(45-27)30(40)41/h3-8,11-12,20,23,33-34H,9-10,13-17H2,1-2H3,(H,35,39)(H,37,38)(H,40,41)/t23-/m0/s1. The maximum atomic E-state index is 13.6. The molecule has 0 unspecified atom stereocenters. The molecule has 15 heteroatoms. The van der Waals surface area contributed by atoms with Gasteiger partial charge in [0.15, 0.2) is 17.2 Å². The van der Waals surface area contributed by atoms with Gasteiger partial charge < -0.3 is 30.9 Å². The van der Waals surface area contributed by atoms with Crippen molar-refractivity contribution in [2.75, 3.05) is 36.9 Å². The minimum atomic E-state index is -3.69. The number of hydrogen-bond acceptors (Lipinski definition) is 9. The first kappa shape index (κ1) is 33.7. The van der Waals surface area contributed by atoms with Gasteiger partial charge in [0.05, 0.1) is 16.5 Å². The Kier molecular flexibility index (Phi) is 9.94. The molecular weight excluding hydrogens is 656 g/mol. The maximum absolute atomic E-state index is 13.6. The molecule has 0 aliphatic carbocycles. The third-order valence-electron chi connectivity index (χ3n) is 7.97. The number of aliphatic carboxylic acids is 1. The number of amides is 1. The summed E-state index contributed by atoms with van der Waals surface area (Å²) in [4.78, 5) is 35.3. The van der Waals surface area contributed by atoms with Crippen molar-refractivity contribution in [3.63, 3.8) is 0 Å². The number of carbonyl (C=O) groups is 3. The van der Waals surface area contributed by atoms with Crippen LogP contribution in [0.5, 0.6) is 5.75 Å². The number of carboxylic acid groups (broad SMARTS) is 2. The molecule has 46 heavy (non-hydrogen) atoms. The number of aromatic carboxylic acids is 1. The van der Waals surface area contributed by atoms with Crippen molar-refractivity contribution >= 4 is 62.2 Å². The largest absolute Gasteiger partial charge is 0.479 e. The lowest BCUT2D eigenvalue weighted by Crippen LogP contribution is -2.55. The van der Waals surface area contributed by atoms with Crippen molar-refractivity contribution in [3.05, 3.63) is 64.0 Å². The van der Waals surface area contributed by atoms with Gasteiger partial charge >= 0.3 is 11.9 Å². The number of benzene rings is 2. The summed E-state index contributed by atoms with van der Waals surface area (Å²) in [5.74, 6) is -3.08. The van der Waals surface area contributed by atoms with Gasteiger partial charge in [0.2, 0.25) is 15.9 Å². The number of anilines is 2. The molecule has 5 rings (SSSR count). The van der Waals surface area contributed by atoms with E-state index >= 15 is 0 Å². The van der Waals surface area contributed by atoms with E-state index in [0.717, 1.165) is 17.0 Å². The molecule has 3 aromatic rings. The van der Waals surface area contributed by atoms with Crippen molar-refractivity contribution in [2.45, 2.75) is 44.0 Å². The molecule has 5 N–H and O–H groups in total. The minimum Gasteiger partial charge on any atom is -0.479 e. The summed E-state index contributed by atoms with van der Waals surface area (Å²) in [5.41, 5.74) is 1.82. The number of halogens is 1. The molecule has 0 saturated carbocycles. The fraction of sp³-hybridized carbons (Fsp3) is 0.387. The van der Waals surface area contributed by atoms with Crippen molar-refractivity contribution in [1.82, 2.24) is 9.62 Å². The normalized spacial score (nSPS) is 18.4. The summed E-state index contributed by atoms with van der Waals surface area (Å²) < 4.78 is 34.0. The molecule has 246 valence electrons. The minimum absolute atomic E-state index is 0.0176. The highest BCUT2D eigenvalue weighted by molar-refractivity contribution is 7.88. The second-order valence-electron chi connectivity index (χ2n) is 12.0. The number of carboxylic acids is 2. The van der Waals surface area contributed by atoms with Crippen LogP contribution in [0.2, 0.25) is 5.02 Å². The molecule has 12 nitrogen and oxygen atoms in total. The van der Waals surface area contributed by atoms with Gasteiger partial charge in [0, 0.05) is 42.6 Å². The molecule has 1 amide bonds. The topological polar surface area (TPSA) is 174 Å². The average molecular weight is 691 g/mol. The lowest BCUT2D eigenvalue weighted by molar-refractivity contribution is -0.139. The van der Waals surface area contributed by atoms with E-state index in [0.29, 0.717) is 54.2 Å². The number of nitrogens with zero attached hydrogens (tertiary/aromatic N) is 1. The van der Waals surface area contributed by atoms with E-state index in [2.05, 4.69) is 16.0 Å². The Balaban J connectivity index is 1.25. The third-order valence-corrected chi connectivity index (χ3v) is 11.7. The summed E-state index contributed by atoms with van der Waals surface area (Å²) >= 11 is 7.36. The van der Waals surface area contributed by atoms with Crippen LogP contribution in [-0.2, 0) is 25.4 Å². The van der Waals surface area contributed by atoms with Crippen LogP contribution >= 0.6 is 22.9 Å². The highest BCUT2D eigenvalue weighted by atomic mass is 35.5. The van der Waals surface area contributed by atoms with Gasteiger partial charge in [-0.2, -0.15) is 4.31 Å². The zero-order chi connectivity index (χ0) is 33.2. The summed E-state index contributed by atoms with van der Waals surface area (Å²) in [6.07, 6.45) is 1.08. The number of piperidine rings is 1. The van der Waals surface area contributed by atoms with Crippen molar-refractivity contribution in [2.24, 2.45) is 5.92 Å². The quantitative estimate of drug-likeness (QED) is 0.181. The lowest BCUT2D eigenvalue weighted by Gasteiger charge is -2.45. The van der Waals surface area contributed by atoms with Crippen LogP contribution in [0.1, 0.15) is 41.9 Å². The molecule has 1 atom stereocenters. The van der Waals surface area contributed by atoms with Gasteiger partial charge in [0.25, 0.3) is 0 Å². The van der Waals surface area contributed by atoms with Gasteiger partial charge in [-0.25, -0.2) is 18.0 Å². The van der Waals surface area contributed by atoms with Crippen molar-refractivity contribution < 1.29 is 37.8 Å². The number of nitrogens with one attached hydrogen (secondary N) is 3. The molecule has 0 spiro atoms. The Hall–Kier alpha value is -3.69. The summed E-state index contributed by atoms with van der Waals surface area (Å²) in [6.45, 7) is 4.64. The Morgan fingerprint density at radius 3 is 2.48 bits per heavy atom. The maximum Gasteiger partial charge on any atom is 0.349 e. The Morgan fingerprint density at radius 1 is 1.11 bits per heavy atom. The number of ether oxygens (including phenoxy) is 1. The van der Waals surface area contributed by atoms with Crippen molar-refractivity contribution in [3.8, 4) is 16.2 Å². The fourth-order valence-corrected chi connectivity index (χ4v) is 9.11. The number of hydrogen-bond donors (Lipinski definition) is 5. The van der Waals surface area contributed by atoms with Gasteiger partial charge in [-0.15, -0.1) is 11.3 Å². The van der Waals surface area contributed by atoms with Gasteiger partial charge in [-0.1, -0.05) is 35.9 Å². The molecule has 2 fully saturated rings. The predicted molar refractivity (Wildman–Crippen MR) is 176 cm³/mol. The highest BCUT2D eigenvalue weighted by Crippen LogP contribution is 2.46. The summed E-state index contributed by atoms with van der Waals surface area (Å²) in [7, 11) is -3.69. The number of carbonyl (C=O) groups excluding carboxylic acids is 1. The third kappa shape index (κ3) is 7.64. The molecular formula is C31H35ClN4O8S2. The zero-order valence-corrected chi connectivity index (χ0v) is 27.6. The van der Waals surface area contributed by atoms with Crippen molar-refractivity contribution in [1.29, 1.82) is 0 Å². The van der Waals surface area contributed by atoms with E-state index in [9.17, 15) is 27.9 Å². The number of sulfonamides is 1. The molecule has 3 heterocycles. The second kappa shape index (κ2) is 13.6. The van der Waals surface area contributed by atoms with E-state index in [1.165, 1.54) is 0 Å². The molecule has 2 aromatic carbocycles. The first-order valence-electron chi connectivity index (χ1n) is 14.6. The Labute approximate surface area is 275 Å². The van der Waals surface area contributed by atoms with Crippen LogP contribution in [0.3, 0.4) is 0 Å². The van der Waals surface area contributed by atoms with E-state index in [1.807, 2.05) is 26.0 Å². The van der Waals surface area contributed by atoms with Gasteiger partial charge in [-0.05, 0) is 62.1 Å². The van der Waals surface area contributed by atoms with Crippen LogP contribution in [0.4, 0.5) is 11.4 Å². The van der Waals surface area contributed by atoms with Gasteiger partial charge in [-0.3, -0.25) is 4.79 Å². The first-order valence-corrected chi connectivity index (χ1v) is 17.4. The molecule has 1 aromatic heterocycles. The van der Waals surface area contributed by atoms with E-state index in [1.54, 1.807) is 40.7 Å². The monoisotopic (exact) mass is 690 g/mol. The molecule has 2 aliphatic rings. The molecule has 0 radical (unpaired) electrons. The predicted octanol–water partition coefficient (Wildman–Crippen LogP) is 4.57. The van der Waals surface area contributed by atoms with Gasteiger partial charge in [0.1, 0.15) is 5.02 Å². The van der Waals surface area contributed by atoms with Crippen LogP contribution in [0.25, 0.3) is 10.4 Å². The zero-order valence-electron chi connectivity index (χ0n) is 25.2. The average Bonchev–Trinajstić information content (AvgIpc) is 3.26. The SMILES string of the molecule is CC1(C)C[C@@H](Nc2cccc(-c3sc(C(=O)O)c(OCC(=O)O)c3Cl)c2)CCN1S(=O)(=O)Cc1cccc(NC(=O)C2CNC2)c1. The second-order valence-corrected chi connectivity index (χ2v) is 15.3.